The van der Waals surface area contributed by atoms with E-state index in [4.69, 9.17) is 0 Å². The fraction of sp³-hybridized carbons (Fsp3) is 0.188. The molecule has 5 heteroatoms. The Hall–Kier alpha value is -1.88. The molecule has 0 aliphatic rings. The third kappa shape index (κ3) is 3.24. The van der Waals surface area contributed by atoms with E-state index in [0.29, 0.717) is 16.7 Å². The summed E-state index contributed by atoms with van der Waals surface area (Å²) in [5, 5.41) is 9.61. The highest BCUT2D eigenvalue weighted by Gasteiger charge is 2.19. The Balaban J connectivity index is 2.43. The highest BCUT2D eigenvalue weighted by atomic mass is 79.9. The Morgan fingerprint density at radius 2 is 2.00 bits per heavy atom. The van der Waals surface area contributed by atoms with Gasteiger partial charge in [-0.3, -0.25) is 4.79 Å². The summed E-state index contributed by atoms with van der Waals surface area (Å²) in [4.78, 5) is 14.1. The van der Waals surface area contributed by atoms with Gasteiger partial charge in [0.1, 0.15) is 11.6 Å². The van der Waals surface area contributed by atoms with Crippen LogP contribution in [0.4, 0.5) is 10.1 Å². The zero-order valence-electron chi connectivity index (χ0n) is 11.7. The number of carbonyl (C=O) groups excluding carboxylic acids is 1. The maximum atomic E-state index is 13.6. The fourth-order valence-electron chi connectivity index (χ4n) is 2.10. The molecule has 3 nitrogen and oxygen atoms in total. The molecule has 0 aliphatic carbocycles. The molecule has 0 aromatic heterocycles. The SMILES string of the molecule is CCN(C(=O)c1ccc(Br)c(F)c1)c1cc(O)ccc1C. The van der Waals surface area contributed by atoms with Gasteiger partial charge in [0, 0.05) is 18.2 Å². The molecular weight excluding hydrogens is 337 g/mol. The van der Waals surface area contributed by atoms with E-state index in [1.54, 1.807) is 18.2 Å². The number of halogens is 2. The van der Waals surface area contributed by atoms with Crippen molar-refractivity contribution in [1.29, 1.82) is 0 Å². The summed E-state index contributed by atoms with van der Waals surface area (Å²) >= 11 is 3.07. The van der Waals surface area contributed by atoms with Crippen molar-refractivity contribution in [3.05, 3.63) is 57.8 Å². The minimum absolute atomic E-state index is 0.0869. The number of benzene rings is 2. The number of rotatable bonds is 3. The zero-order chi connectivity index (χ0) is 15.6. The molecule has 1 N–H and O–H groups in total. The lowest BCUT2D eigenvalue weighted by Gasteiger charge is -2.23. The van der Waals surface area contributed by atoms with Crippen molar-refractivity contribution in [2.45, 2.75) is 13.8 Å². The highest BCUT2D eigenvalue weighted by molar-refractivity contribution is 9.10. The fourth-order valence-corrected chi connectivity index (χ4v) is 2.34. The van der Waals surface area contributed by atoms with E-state index in [0.717, 1.165) is 5.56 Å². The summed E-state index contributed by atoms with van der Waals surface area (Å²) < 4.78 is 13.9. The molecule has 0 saturated heterocycles. The van der Waals surface area contributed by atoms with Gasteiger partial charge in [-0.25, -0.2) is 4.39 Å². The maximum Gasteiger partial charge on any atom is 0.258 e. The molecule has 110 valence electrons. The van der Waals surface area contributed by atoms with Crippen molar-refractivity contribution < 1.29 is 14.3 Å². The van der Waals surface area contributed by atoms with Crippen molar-refractivity contribution in [1.82, 2.24) is 0 Å². The van der Waals surface area contributed by atoms with Gasteiger partial charge in [-0.1, -0.05) is 6.07 Å². The van der Waals surface area contributed by atoms with E-state index in [1.165, 1.54) is 23.1 Å². The van der Waals surface area contributed by atoms with Gasteiger partial charge in [-0.2, -0.15) is 0 Å². The van der Waals surface area contributed by atoms with Gasteiger partial charge in [-0.15, -0.1) is 0 Å². The van der Waals surface area contributed by atoms with E-state index >= 15 is 0 Å². The first-order valence-corrected chi connectivity index (χ1v) is 7.30. The second-order valence-corrected chi connectivity index (χ2v) is 5.50. The number of hydrogen-bond acceptors (Lipinski definition) is 2. The molecule has 0 heterocycles. The predicted molar refractivity (Wildman–Crippen MR) is 84.3 cm³/mol. The molecule has 2 rings (SSSR count). The summed E-state index contributed by atoms with van der Waals surface area (Å²) in [5.41, 5.74) is 1.74. The number of anilines is 1. The molecule has 0 bridgehead atoms. The van der Waals surface area contributed by atoms with Crippen LogP contribution in [-0.2, 0) is 0 Å². The van der Waals surface area contributed by atoms with Crippen LogP contribution in [0.25, 0.3) is 0 Å². The van der Waals surface area contributed by atoms with Gasteiger partial charge >= 0.3 is 0 Å². The standard InChI is InChI=1S/C16H15BrFNO2/c1-3-19(15-9-12(20)6-4-10(15)2)16(21)11-5-7-13(17)14(18)8-11/h4-9,20H,3H2,1-2H3. The van der Waals surface area contributed by atoms with Crippen LogP contribution >= 0.6 is 15.9 Å². The summed E-state index contributed by atoms with van der Waals surface area (Å²) in [6, 6.07) is 9.11. The molecule has 0 saturated carbocycles. The molecule has 21 heavy (non-hydrogen) atoms. The van der Waals surface area contributed by atoms with Crippen LogP contribution in [0.2, 0.25) is 0 Å². The molecule has 0 fully saturated rings. The van der Waals surface area contributed by atoms with Crippen LogP contribution < -0.4 is 4.90 Å². The largest absolute Gasteiger partial charge is 0.508 e. The van der Waals surface area contributed by atoms with Crippen molar-refractivity contribution in [3.8, 4) is 5.75 Å². The number of aryl methyl sites for hydroxylation is 1. The van der Waals surface area contributed by atoms with Crippen LogP contribution in [0.15, 0.2) is 40.9 Å². The van der Waals surface area contributed by atoms with Gasteiger partial charge < -0.3 is 10.0 Å². The minimum Gasteiger partial charge on any atom is -0.508 e. The van der Waals surface area contributed by atoms with Crippen molar-refractivity contribution in [2.24, 2.45) is 0 Å². The van der Waals surface area contributed by atoms with E-state index in [9.17, 15) is 14.3 Å². The molecule has 1 amide bonds. The van der Waals surface area contributed by atoms with Gasteiger partial charge in [0.2, 0.25) is 0 Å². The Labute approximate surface area is 131 Å². The van der Waals surface area contributed by atoms with Crippen LogP contribution in [0, 0.1) is 12.7 Å². The van der Waals surface area contributed by atoms with E-state index in [2.05, 4.69) is 15.9 Å². The Morgan fingerprint density at radius 1 is 1.29 bits per heavy atom. The van der Waals surface area contributed by atoms with Crippen LogP contribution in [-0.4, -0.2) is 17.6 Å². The quantitative estimate of drug-likeness (QED) is 0.896. The number of nitrogens with zero attached hydrogens (tertiary/aromatic N) is 1. The van der Waals surface area contributed by atoms with Gasteiger partial charge in [0.05, 0.1) is 10.2 Å². The number of carbonyl (C=O) groups is 1. The highest BCUT2D eigenvalue weighted by Crippen LogP contribution is 2.27. The molecule has 0 spiro atoms. The smallest absolute Gasteiger partial charge is 0.258 e. The normalized spacial score (nSPS) is 10.5. The molecule has 0 aliphatic heterocycles. The first-order valence-electron chi connectivity index (χ1n) is 6.50. The number of hydrogen-bond donors (Lipinski definition) is 1. The molecule has 0 radical (unpaired) electrons. The van der Waals surface area contributed by atoms with Crippen molar-refractivity contribution >= 4 is 27.5 Å². The molecular formula is C16H15BrFNO2. The molecule has 0 unspecified atom stereocenters. The van der Waals surface area contributed by atoms with Crippen LogP contribution in [0.3, 0.4) is 0 Å². The topological polar surface area (TPSA) is 40.5 Å². The van der Waals surface area contributed by atoms with Gasteiger partial charge in [0.25, 0.3) is 5.91 Å². The minimum atomic E-state index is -0.482. The van der Waals surface area contributed by atoms with Gasteiger partial charge in [-0.05, 0) is 59.6 Å². The second-order valence-electron chi connectivity index (χ2n) is 4.65. The number of phenols is 1. The lowest BCUT2D eigenvalue weighted by Crippen LogP contribution is -2.31. The summed E-state index contributed by atoms with van der Waals surface area (Å²) in [5.74, 6) is -0.703. The van der Waals surface area contributed by atoms with Crippen molar-refractivity contribution in [2.75, 3.05) is 11.4 Å². The number of amides is 1. The average molecular weight is 352 g/mol. The second kappa shape index (κ2) is 6.26. The zero-order valence-corrected chi connectivity index (χ0v) is 13.3. The molecule has 0 atom stereocenters. The van der Waals surface area contributed by atoms with Crippen LogP contribution in [0.5, 0.6) is 5.75 Å². The maximum absolute atomic E-state index is 13.6. The molecule has 2 aromatic carbocycles. The van der Waals surface area contributed by atoms with Gasteiger partial charge in [0.15, 0.2) is 0 Å². The summed E-state index contributed by atoms with van der Waals surface area (Å²) in [7, 11) is 0. The van der Waals surface area contributed by atoms with E-state index in [-0.39, 0.29) is 17.2 Å². The average Bonchev–Trinajstić information content (AvgIpc) is 2.46. The van der Waals surface area contributed by atoms with E-state index < -0.39 is 5.82 Å². The lowest BCUT2D eigenvalue weighted by molar-refractivity contribution is 0.0987. The van der Waals surface area contributed by atoms with Crippen molar-refractivity contribution in [3.63, 3.8) is 0 Å². The van der Waals surface area contributed by atoms with Crippen LogP contribution in [0.1, 0.15) is 22.8 Å². The Kier molecular flexibility index (Phi) is 4.63. The summed E-state index contributed by atoms with van der Waals surface area (Å²) in [6.45, 7) is 4.10. The molecule has 2 aromatic rings. The first kappa shape index (κ1) is 15.5. The summed E-state index contributed by atoms with van der Waals surface area (Å²) in [6.07, 6.45) is 0. The third-order valence-electron chi connectivity index (χ3n) is 3.21. The first-order chi connectivity index (χ1) is 9.93. The number of phenolic OH excluding ortho intramolecular Hbond substituents is 1. The Morgan fingerprint density at radius 3 is 2.62 bits per heavy atom. The number of aromatic hydroxyl groups is 1. The Bertz CT molecular complexity index is 688. The monoisotopic (exact) mass is 351 g/mol. The third-order valence-corrected chi connectivity index (χ3v) is 3.85. The van der Waals surface area contributed by atoms with E-state index in [1.807, 2.05) is 13.8 Å². The predicted octanol–water partition coefficient (Wildman–Crippen LogP) is 4.27. The lowest BCUT2D eigenvalue weighted by atomic mass is 10.1.